The van der Waals surface area contributed by atoms with Gasteiger partial charge >= 0.3 is 0 Å². The number of rotatable bonds is 5. The van der Waals surface area contributed by atoms with Gasteiger partial charge in [-0.05, 0) is 49.9 Å². The van der Waals surface area contributed by atoms with Crippen LogP contribution in [0.25, 0.3) is 16.9 Å². The van der Waals surface area contributed by atoms with Crippen molar-refractivity contribution in [1.29, 1.82) is 0 Å². The largest absolute Gasteiger partial charge is 0.370 e. The number of morpholine rings is 1. The first-order valence-electron chi connectivity index (χ1n) is 10.6. The number of hydrogen-bond donors (Lipinski definition) is 2. The van der Waals surface area contributed by atoms with Crippen LogP contribution in [0.15, 0.2) is 30.3 Å². The fourth-order valence-electron chi connectivity index (χ4n) is 4.36. The van der Waals surface area contributed by atoms with Crippen LogP contribution in [0.4, 0.5) is 10.2 Å². The Balaban J connectivity index is 1.46. The first kappa shape index (κ1) is 18.5. The summed E-state index contributed by atoms with van der Waals surface area (Å²) in [6.07, 6.45) is 4.44. The van der Waals surface area contributed by atoms with Gasteiger partial charge in [0, 0.05) is 22.9 Å². The summed E-state index contributed by atoms with van der Waals surface area (Å²) in [5, 5.41) is 8.50. The van der Waals surface area contributed by atoms with Crippen LogP contribution >= 0.6 is 0 Å². The van der Waals surface area contributed by atoms with Crippen molar-refractivity contribution in [2.24, 2.45) is 0 Å². The lowest BCUT2D eigenvalue weighted by Crippen LogP contribution is -3.14. The second kappa shape index (κ2) is 8.08. The third-order valence-corrected chi connectivity index (χ3v) is 5.99. The first-order valence-corrected chi connectivity index (χ1v) is 10.6. The Morgan fingerprint density at radius 1 is 1.10 bits per heavy atom. The van der Waals surface area contributed by atoms with Crippen molar-refractivity contribution in [2.75, 3.05) is 44.7 Å². The number of fused-ring (bicyclic) bond motifs is 2. The van der Waals surface area contributed by atoms with Gasteiger partial charge in [0.05, 0.1) is 32.0 Å². The Hall–Kier alpha value is -2.51. The average molecular weight is 396 g/mol. The normalized spacial score (nSPS) is 17.4. The summed E-state index contributed by atoms with van der Waals surface area (Å²) < 4.78 is 20.7. The molecule has 0 amide bonds. The topological polar surface area (TPSA) is 55.9 Å². The van der Waals surface area contributed by atoms with Crippen LogP contribution in [0.5, 0.6) is 0 Å². The van der Waals surface area contributed by atoms with Gasteiger partial charge in [0.1, 0.15) is 24.7 Å². The van der Waals surface area contributed by atoms with E-state index >= 15 is 0 Å². The Morgan fingerprint density at radius 2 is 1.90 bits per heavy atom. The number of halogens is 1. The molecule has 6 nitrogen and oxygen atoms in total. The minimum absolute atomic E-state index is 0.237. The van der Waals surface area contributed by atoms with E-state index in [0.717, 1.165) is 75.0 Å². The number of nitrogens with zero attached hydrogens (tertiary/aromatic N) is 3. The molecule has 2 N–H and O–H groups in total. The quantitative estimate of drug-likeness (QED) is 0.690. The van der Waals surface area contributed by atoms with Gasteiger partial charge in [0.25, 0.3) is 0 Å². The predicted molar refractivity (Wildman–Crippen MR) is 110 cm³/mol. The number of hydrogen-bond acceptors (Lipinski definition) is 4. The standard InChI is InChI=1S/C22H26FN5O/c23-17-7-5-16(6-8-17)20-15-21-25-19-4-2-1-3-18(19)22(28(21)26-20)24-9-10-27-11-13-29-14-12-27/h5-8,15,24H,1-4,9-14H2/p+1. The lowest BCUT2D eigenvalue weighted by Gasteiger charge is -2.25. The molecule has 1 saturated heterocycles. The van der Waals surface area contributed by atoms with Gasteiger partial charge in [-0.25, -0.2) is 9.37 Å². The van der Waals surface area contributed by atoms with Gasteiger partial charge in [-0.1, -0.05) is 0 Å². The molecule has 1 aliphatic carbocycles. The maximum Gasteiger partial charge on any atom is 0.158 e. The molecule has 0 saturated carbocycles. The Bertz CT molecular complexity index is 995. The Kier molecular flexibility index (Phi) is 5.16. The highest BCUT2D eigenvalue weighted by molar-refractivity contribution is 5.67. The second-order valence-corrected chi connectivity index (χ2v) is 7.94. The molecule has 1 aromatic carbocycles. The van der Waals surface area contributed by atoms with Crippen LogP contribution in [0.3, 0.4) is 0 Å². The van der Waals surface area contributed by atoms with E-state index in [1.165, 1.54) is 36.2 Å². The highest BCUT2D eigenvalue weighted by Crippen LogP contribution is 2.29. The molecule has 3 heterocycles. The molecule has 0 radical (unpaired) electrons. The number of aromatic nitrogens is 3. The third-order valence-electron chi connectivity index (χ3n) is 5.99. The third kappa shape index (κ3) is 3.84. The van der Waals surface area contributed by atoms with Gasteiger partial charge in [0.2, 0.25) is 0 Å². The molecule has 2 aliphatic rings. The molecule has 5 rings (SSSR count). The van der Waals surface area contributed by atoms with Crippen molar-refractivity contribution in [1.82, 2.24) is 14.6 Å². The van der Waals surface area contributed by atoms with Gasteiger partial charge in [-0.2, -0.15) is 9.61 Å². The molecule has 2 aromatic heterocycles. The summed E-state index contributed by atoms with van der Waals surface area (Å²) in [4.78, 5) is 6.48. The van der Waals surface area contributed by atoms with Crippen molar-refractivity contribution in [3.63, 3.8) is 0 Å². The molecule has 0 unspecified atom stereocenters. The van der Waals surface area contributed by atoms with Crippen LogP contribution in [0, 0.1) is 5.82 Å². The lowest BCUT2D eigenvalue weighted by atomic mass is 9.96. The summed E-state index contributed by atoms with van der Waals surface area (Å²) in [5.41, 5.74) is 5.07. The summed E-state index contributed by atoms with van der Waals surface area (Å²) >= 11 is 0. The number of nitrogens with one attached hydrogen (secondary N) is 2. The van der Waals surface area contributed by atoms with Crippen molar-refractivity contribution in [3.8, 4) is 11.3 Å². The monoisotopic (exact) mass is 396 g/mol. The fourth-order valence-corrected chi connectivity index (χ4v) is 4.36. The molecule has 1 fully saturated rings. The van der Waals surface area contributed by atoms with Crippen molar-refractivity contribution >= 4 is 11.5 Å². The molecule has 0 bridgehead atoms. The van der Waals surface area contributed by atoms with Crippen molar-refractivity contribution in [2.45, 2.75) is 25.7 Å². The molecule has 3 aromatic rings. The van der Waals surface area contributed by atoms with Gasteiger partial charge in [-0.15, -0.1) is 0 Å². The second-order valence-electron chi connectivity index (χ2n) is 7.94. The van der Waals surface area contributed by atoms with Crippen molar-refractivity contribution < 1.29 is 14.0 Å². The zero-order chi connectivity index (χ0) is 19.6. The van der Waals surface area contributed by atoms with Crippen LogP contribution < -0.4 is 10.2 Å². The molecular formula is C22H27FN5O+. The fraction of sp³-hybridized carbons (Fsp3) is 0.455. The van der Waals surface area contributed by atoms with Gasteiger partial charge in [0.15, 0.2) is 5.65 Å². The Morgan fingerprint density at radius 3 is 2.72 bits per heavy atom. The van der Waals surface area contributed by atoms with Crippen molar-refractivity contribution in [3.05, 3.63) is 47.4 Å². The molecule has 29 heavy (non-hydrogen) atoms. The number of quaternary nitrogens is 1. The van der Waals surface area contributed by atoms with Crippen LogP contribution in [-0.4, -0.2) is 54.0 Å². The number of anilines is 1. The molecule has 7 heteroatoms. The number of ether oxygens (including phenoxy) is 1. The average Bonchev–Trinajstić information content (AvgIpc) is 3.18. The zero-order valence-corrected chi connectivity index (χ0v) is 16.6. The molecular weight excluding hydrogens is 369 g/mol. The van der Waals surface area contributed by atoms with E-state index in [2.05, 4.69) is 5.32 Å². The van der Waals surface area contributed by atoms with Crippen LogP contribution in [-0.2, 0) is 17.6 Å². The van der Waals surface area contributed by atoms with E-state index in [1.807, 2.05) is 10.6 Å². The molecule has 0 spiro atoms. The number of aryl methyl sites for hydroxylation is 1. The maximum absolute atomic E-state index is 13.3. The van der Waals surface area contributed by atoms with Crippen LogP contribution in [0.1, 0.15) is 24.1 Å². The first-order chi connectivity index (χ1) is 14.3. The van der Waals surface area contributed by atoms with Crippen LogP contribution in [0.2, 0.25) is 0 Å². The smallest absolute Gasteiger partial charge is 0.158 e. The minimum atomic E-state index is -0.237. The zero-order valence-electron chi connectivity index (χ0n) is 16.6. The van der Waals surface area contributed by atoms with Gasteiger partial charge < -0.3 is 15.0 Å². The minimum Gasteiger partial charge on any atom is -0.370 e. The molecule has 152 valence electrons. The highest BCUT2D eigenvalue weighted by atomic mass is 19.1. The Labute approximate surface area is 169 Å². The lowest BCUT2D eigenvalue weighted by molar-refractivity contribution is -0.906. The van der Waals surface area contributed by atoms with E-state index in [0.29, 0.717) is 0 Å². The summed E-state index contributed by atoms with van der Waals surface area (Å²) in [7, 11) is 0. The number of benzene rings is 1. The molecule has 1 aliphatic heterocycles. The summed E-state index contributed by atoms with van der Waals surface area (Å²) in [6.45, 7) is 5.81. The van der Waals surface area contributed by atoms with E-state index in [-0.39, 0.29) is 5.82 Å². The molecule has 0 atom stereocenters. The summed E-state index contributed by atoms with van der Waals surface area (Å²) in [5.74, 6) is 0.838. The van der Waals surface area contributed by atoms with E-state index in [9.17, 15) is 4.39 Å². The SMILES string of the molecule is Fc1ccc(-c2cc3nc4c(c(NCC[NH+]5CCOCC5)n3n2)CCCC4)cc1. The predicted octanol–water partition coefficient (Wildman–Crippen LogP) is 1.74. The van der Waals surface area contributed by atoms with E-state index < -0.39 is 0 Å². The van der Waals surface area contributed by atoms with Gasteiger partial charge in [-0.3, -0.25) is 0 Å². The van der Waals surface area contributed by atoms with E-state index in [4.69, 9.17) is 14.8 Å². The maximum atomic E-state index is 13.3. The summed E-state index contributed by atoms with van der Waals surface area (Å²) in [6, 6.07) is 8.49. The highest BCUT2D eigenvalue weighted by Gasteiger charge is 2.21. The van der Waals surface area contributed by atoms with E-state index in [1.54, 1.807) is 17.0 Å².